The zero-order chi connectivity index (χ0) is 23.9. The molecular formula is C27H25FN2O3. The van der Waals surface area contributed by atoms with Gasteiger partial charge in [-0.15, -0.1) is 0 Å². The van der Waals surface area contributed by atoms with E-state index in [1.54, 1.807) is 43.6 Å². The number of benzene rings is 2. The van der Waals surface area contributed by atoms with Crippen LogP contribution in [-0.4, -0.2) is 21.8 Å². The molecule has 1 aromatic heterocycles. The molecular weight excluding hydrogens is 419 g/mol. The van der Waals surface area contributed by atoms with Gasteiger partial charge in [-0.1, -0.05) is 39.0 Å². The van der Waals surface area contributed by atoms with Crippen LogP contribution in [0.1, 0.15) is 49.1 Å². The van der Waals surface area contributed by atoms with Crippen LogP contribution in [0, 0.1) is 12.7 Å². The summed E-state index contributed by atoms with van der Waals surface area (Å²) in [7, 11) is 0. The normalized spacial score (nSPS) is 18.1. The van der Waals surface area contributed by atoms with Crippen LogP contribution in [0.3, 0.4) is 0 Å². The van der Waals surface area contributed by atoms with Gasteiger partial charge in [-0.2, -0.15) is 0 Å². The lowest BCUT2D eigenvalue weighted by atomic mass is 9.87. The van der Waals surface area contributed by atoms with E-state index in [-0.39, 0.29) is 22.3 Å². The van der Waals surface area contributed by atoms with Gasteiger partial charge in [0.25, 0.3) is 11.7 Å². The van der Waals surface area contributed by atoms with Crippen molar-refractivity contribution in [2.75, 3.05) is 4.90 Å². The van der Waals surface area contributed by atoms with Gasteiger partial charge in [0.2, 0.25) is 0 Å². The number of anilines is 1. The standard InChI is InChI=1S/C27H25FN2O3/c1-16-14-17(7-12-21(16)28)24(31)22-23(18-6-5-13-29-15-18)30(26(33)25(22)32)20-10-8-19(9-11-20)27(2,3)4/h5-15,23,31H,1-4H3/b24-22-. The fraction of sp³-hybridized carbons (Fsp3) is 0.222. The Morgan fingerprint density at radius 1 is 1.06 bits per heavy atom. The van der Waals surface area contributed by atoms with Gasteiger partial charge in [0.1, 0.15) is 11.6 Å². The highest BCUT2D eigenvalue weighted by Gasteiger charge is 2.47. The molecule has 2 aromatic carbocycles. The molecule has 0 saturated carbocycles. The Bertz CT molecular complexity index is 1260. The lowest BCUT2D eigenvalue weighted by Gasteiger charge is -2.26. The van der Waals surface area contributed by atoms with Crippen LogP contribution in [0.15, 0.2) is 72.6 Å². The fourth-order valence-electron chi connectivity index (χ4n) is 4.02. The number of aromatic nitrogens is 1. The minimum atomic E-state index is -0.871. The highest BCUT2D eigenvalue weighted by molar-refractivity contribution is 6.51. The molecule has 33 heavy (non-hydrogen) atoms. The molecule has 0 aliphatic carbocycles. The number of nitrogens with zero attached hydrogens (tertiary/aromatic N) is 2. The Morgan fingerprint density at radius 2 is 1.76 bits per heavy atom. The van der Waals surface area contributed by atoms with Crippen LogP contribution in [0.4, 0.5) is 10.1 Å². The number of aliphatic hydroxyl groups excluding tert-OH is 1. The fourth-order valence-corrected chi connectivity index (χ4v) is 4.02. The Morgan fingerprint density at radius 3 is 2.33 bits per heavy atom. The molecule has 1 aliphatic heterocycles. The van der Waals surface area contributed by atoms with E-state index in [1.165, 1.54) is 23.1 Å². The molecule has 1 amide bonds. The lowest BCUT2D eigenvalue weighted by molar-refractivity contribution is -0.132. The summed E-state index contributed by atoms with van der Waals surface area (Å²) in [5, 5.41) is 11.1. The summed E-state index contributed by atoms with van der Waals surface area (Å²) in [6.45, 7) is 7.84. The number of amides is 1. The molecule has 0 spiro atoms. The Hall–Kier alpha value is -3.80. The molecule has 1 saturated heterocycles. The highest BCUT2D eigenvalue weighted by Crippen LogP contribution is 2.42. The molecule has 1 aliphatic rings. The van der Waals surface area contributed by atoms with Crippen molar-refractivity contribution in [2.24, 2.45) is 0 Å². The van der Waals surface area contributed by atoms with Gasteiger partial charge in [0.05, 0.1) is 11.6 Å². The van der Waals surface area contributed by atoms with Crippen LogP contribution in [0.5, 0.6) is 0 Å². The van der Waals surface area contributed by atoms with Crippen molar-refractivity contribution in [3.63, 3.8) is 0 Å². The molecule has 6 heteroatoms. The molecule has 2 heterocycles. The monoisotopic (exact) mass is 444 g/mol. The summed E-state index contributed by atoms with van der Waals surface area (Å²) in [4.78, 5) is 31.9. The number of rotatable bonds is 3. The summed E-state index contributed by atoms with van der Waals surface area (Å²) < 4.78 is 13.8. The Labute approximate surface area is 192 Å². The number of carbonyl (C=O) groups is 2. The van der Waals surface area contributed by atoms with E-state index < -0.39 is 23.5 Å². The lowest BCUT2D eigenvalue weighted by Crippen LogP contribution is -2.29. The van der Waals surface area contributed by atoms with Gasteiger partial charge < -0.3 is 5.11 Å². The van der Waals surface area contributed by atoms with Crippen molar-refractivity contribution in [3.05, 3.63) is 101 Å². The van der Waals surface area contributed by atoms with Crippen molar-refractivity contribution in [3.8, 4) is 0 Å². The van der Waals surface area contributed by atoms with Crippen LogP contribution in [-0.2, 0) is 15.0 Å². The van der Waals surface area contributed by atoms with Crippen LogP contribution in [0.2, 0.25) is 0 Å². The summed E-state index contributed by atoms with van der Waals surface area (Å²) in [6, 6.07) is 14.1. The number of hydrogen-bond donors (Lipinski definition) is 1. The summed E-state index contributed by atoms with van der Waals surface area (Å²) in [5.41, 5.74) is 2.66. The molecule has 168 valence electrons. The topological polar surface area (TPSA) is 70.5 Å². The minimum Gasteiger partial charge on any atom is -0.507 e. The van der Waals surface area contributed by atoms with Gasteiger partial charge in [-0.05, 0) is 65.4 Å². The first-order chi connectivity index (χ1) is 15.6. The van der Waals surface area contributed by atoms with Crippen LogP contribution < -0.4 is 4.90 Å². The van der Waals surface area contributed by atoms with Crippen molar-refractivity contribution in [1.29, 1.82) is 0 Å². The number of halogens is 1. The predicted octanol–water partition coefficient (Wildman–Crippen LogP) is 5.45. The highest BCUT2D eigenvalue weighted by atomic mass is 19.1. The maximum absolute atomic E-state index is 13.8. The molecule has 1 atom stereocenters. The first kappa shape index (κ1) is 22.4. The van der Waals surface area contributed by atoms with E-state index in [0.29, 0.717) is 16.8 Å². The average molecular weight is 445 g/mol. The average Bonchev–Trinajstić information content (AvgIpc) is 3.06. The molecule has 0 radical (unpaired) electrons. The van der Waals surface area contributed by atoms with Crippen molar-refractivity contribution >= 4 is 23.1 Å². The first-order valence-corrected chi connectivity index (χ1v) is 10.7. The summed E-state index contributed by atoms with van der Waals surface area (Å²) in [5.74, 6) is -2.31. The third kappa shape index (κ3) is 4.04. The van der Waals surface area contributed by atoms with E-state index >= 15 is 0 Å². The Balaban J connectivity index is 1.90. The van der Waals surface area contributed by atoms with Gasteiger partial charge in [0.15, 0.2) is 0 Å². The zero-order valence-electron chi connectivity index (χ0n) is 19.0. The van der Waals surface area contributed by atoms with Crippen LogP contribution >= 0.6 is 0 Å². The Kier molecular flexibility index (Phi) is 5.62. The van der Waals surface area contributed by atoms with E-state index in [2.05, 4.69) is 25.8 Å². The number of pyridine rings is 1. The molecule has 1 N–H and O–H groups in total. The molecule has 3 aromatic rings. The van der Waals surface area contributed by atoms with E-state index in [1.807, 2.05) is 12.1 Å². The number of hydrogen-bond acceptors (Lipinski definition) is 4. The van der Waals surface area contributed by atoms with Gasteiger partial charge in [0, 0.05) is 23.6 Å². The molecule has 1 fully saturated rings. The zero-order valence-corrected chi connectivity index (χ0v) is 19.0. The van der Waals surface area contributed by atoms with Gasteiger partial charge in [-0.25, -0.2) is 4.39 Å². The molecule has 0 bridgehead atoms. The van der Waals surface area contributed by atoms with Crippen molar-refractivity contribution < 1.29 is 19.1 Å². The number of aliphatic hydroxyl groups is 1. The third-order valence-corrected chi connectivity index (χ3v) is 5.89. The molecule has 4 rings (SSSR count). The summed E-state index contributed by atoms with van der Waals surface area (Å²) >= 11 is 0. The summed E-state index contributed by atoms with van der Waals surface area (Å²) in [6.07, 6.45) is 3.16. The number of carbonyl (C=O) groups excluding carboxylic acids is 2. The number of aryl methyl sites for hydroxylation is 1. The number of ketones is 1. The van der Waals surface area contributed by atoms with Crippen LogP contribution in [0.25, 0.3) is 5.76 Å². The van der Waals surface area contributed by atoms with Crippen molar-refractivity contribution in [2.45, 2.75) is 39.2 Å². The quantitative estimate of drug-likeness (QED) is 0.331. The van der Waals surface area contributed by atoms with Gasteiger partial charge in [-0.3, -0.25) is 19.5 Å². The van der Waals surface area contributed by atoms with Crippen molar-refractivity contribution in [1.82, 2.24) is 4.98 Å². The van der Waals surface area contributed by atoms with E-state index in [4.69, 9.17) is 0 Å². The molecule has 1 unspecified atom stereocenters. The largest absolute Gasteiger partial charge is 0.507 e. The minimum absolute atomic E-state index is 0.0566. The second kappa shape index (κ2) is 8.28. The van der Waals surface area contributed by atoms with Gasteiger partial charge >= 0.3 is 0 Å². The second-order valence-corrected chi connectivity index (χ2v) is 9.22. The maximum Gasteiger partial charge on any atom is 0.300 e. The number of Topliss-reactive ketones (excluding diaryl/α,β-unsaturated/α-hetero) is 1. The molecule has 5 nitrogen and oxygen atoms in total. The predicted molar refractivity (Wildman–Crippen MR) is 125 cm³/mol. The third-order valence-electron chi connectivity index (χ3n) is 5.89. The van der Waals surface area contributed by atoms with E-state index in [0.717, 1.165) is 5.56 Å². The maximum atomic E-state index is 13.8. The smallest absolute Gasteiger partial charge is 0.300 e. The second-order valence-electron chi connectivity index (χ2n) is 9.22. The first-order valence-electron chi connectivity index (χ1n) is 10.7. The van der Waals surface area contributed by atoms with E-state index in [9.17, 15) is 19.1 Å². The SMILES string of the molecule is Cc1cc(/C(O)=C2/C(=O)C(=O)N(c3ccc(C(C)(C)C)cc3)C2c2cccnc2)ccc1F.